The second-order valence-electron chi connectivity index (χ2n) is 2.67. The van der Waals surface area contributed by atoms with Gasteiger partial charge in [-0.05, 0) is 0 Å². The minimum Gasteiger partial charge on any atom is -0.516 e. The van der Waals surface area contributed by atoms with Gasteiger partial charge in [0.1, 0.15) is 8.98 Å². The molecule has 0 bridgehead atoms. The van der Waals surface area contributed by atoms with Crippen molar-refractivity contribution < 1.29 is 8.85 Å². The van der Waals surface area contributed by atoms with Crippen molar-refractivity contribution in [3.05, 3.63) is 21.5 Å². The van der Waals surface area contributed by atoms with Crippen molar-refractivity contribution >= 4 is 55.0 Å². The third kappa shape index (κ3) is 6.59. The highest BCUT2D eigenvalue weighted by molar-refractivity contribution is 6.68. The van der Waals surface area contributed by atoms with Crippen LogP contribution in [0.25, 0.3) is 0 Å². The van der Waals surface area contributed by atoms with E-state index in [0.717, 1.165) is 12.1 Å². The van der Waals surface area contributed by atoms with Crippen molar-refractivity contribution in [1.29, 1.82) is 0 Å². The van der Waals surface area contributed by atoms with Crippen LogP contribution in [0.3, 0.4) is 0 Å². The molecule has 0 aromatic heterocycles. The van der Waals surface area contributed by atoms with Gasteiger partial charge in [-0.15, -0.1) is 0 Å². The molecule has 0 unspecified atom stereocenters. The van der Waals surface area contributed by atoms with Gasteiger partial charge in [-0.2, -0.15) is 0 Å². The zero-order valence-electron chi connectivity index (χ0n) is 8.40. The highest BCUT2D eigenvalue weighted by atomic mass is 35.5. The van der Waals surface area contributed by atoms with E-state index >= 15 is 0 Å². The molecule has 0 N–H and O–H groups in total. The second-order valence-corrected chi connectivity index (χ2v) is 8.39. The minimum atomic E-state index is -2.36. The Morgan fingerprint density at radius 1 is 0.933 bits per heavy atom. The van der Waals surface area contributed by atoms with E-state index in [4.69, 9.17) is 55.3 Å². The van der Waals surface area contributed by atoms with Crippen LogP contribution in [-0.2, 0) is 8.85 Å². The van der Waals surface area contributed by atoms with Gasteiger partial charge in [0.05, 0.1) is 12.5 Å². The molecule has 0 aliphatic rings. The van der Waals surface area contributed by atoms with Crippen LogP contribution < -0.4 is 0 Å². The summed E-state index contributed by atoms with van der Waals surface area (Å²) in [6.45, 7) is 3.92. The highest BCUT2D eigenvalue weighted by Gasteiger charge is 2.36. The predicted octanol–water partition coefficient (Wildman–Crippen LogP) is 5.05. The molecule has 2 nitrogen and oxygen atoms in total. The Hall–Kier alpha value is 0.457. The lowest BCUT2D eigenvalue weighted by molar-refractivity contribution is 0.304. The van der Waals surface area contributed by atoms with Crippen molar-refractivity contribution in [2.75, 3.05) is 0 Å². The first-order chi connectivity index (χ1) is 6.95. The van der Waals surface area contributed by atoms with Crippen LogP contribution in [0.5, 0.6) is 0 Å². The first-order valence-corrected chi connectivity index (χ1v) is 8.08. The summed E-state index contributed by atoms with van der Waals surface area (Å²) in [5.74, 6) is 0. The van der Waals surface area contributed by atoms with Gasteiger partial charge < -0.3 is 8.85 Å². The fraction of sp³-hybridized carbons (Fsp3) is 0.500. The van der Waals surface area contributed by atoms with Crippen molar-refractivity contribution in [3.63, 3.8) is 0 Å². The van der Waals surface area contributed by atoms with Gasteiger partial charge in [-0.3, -0.25) is 0 Å². The molecule has 0 aromatic carbocycles. The molecule has 0 aliphatic heterocycles. The molecule has 15 heavy (non-hydrogen) atoms. The normalized spacial score (nSPS) is 10.5. The molecule has 7 heteroatoms. The molecular formula is C8H12Cl4O2Si. The SMILES string of the molecule is CC[Si](CC)(OC=C(Cl)Cl)OC=C(Cl)Cl. The lowest BCUT2D eigenvalue weighted by atomic mass is 10.9. The average Bonchev–Trinajstić information content (AvgIpc) is 2.19. The third-order valence-electron chi connectivity index (χ3n) is 1.80. The zero-order valence-corrected chi connectivity index (χ0v) is 12.4. The molecule has 0 saturated heterocycles. The highest BCUT2D eigenvalue weighted by Crippen LogP contribution is 2.22. The summed E-state index contributed by atoms with van der Waals surface area (Å²) in [4.78, 5) is 0. The topological polar surface area (TPSA) is 18.5 Å². The number of hydrogen-bond donors (Lipinski definition) is 0. The molecule has 0 saturated carbocycles. The molecule has 0 heterocycles. The van der Waals surface area contributed by atoms with Crippen LogP contribution in [0, 0.1) is 0 Å². The molecule has 0 fully saturated rings. The summed E-state index contributed by atoms with van der Waals surface area (Å²) in [5, 5.41) is 0. The van der Waals surface area contributed by atoms with Crippen molar-refractivity contribution in [3.8, 4) is 0 Å². The van der Waals surface area contributed by atoms with Gasteiger partial charge in [-0.1, -0.05) is 60.3 Å². The summed E-state index contributed by atoms with van der Waals surface area (Å²) < 4.78 is 11.0. The Labute approximate surface area is 111 Å². The average molecular weight is 310 g/mol. The number of hydrogen-bond acceptors (Lipinski definition) is 2. The second kappa shape index (κ2) is 7.69. The molecular weight excluding hydrogens is 298 g/mol. The first kappa shape index (κ1) is 15.5. The van der Waals surface area contributed by atoms with Gasteiger partial charge in [0, 0.05) is 12.1 Å². The molecule has 0 aliphatic carbocycles. The van der Waals surface area contributed by atoms with E-state index in [1.54, 1.807) is 0 Å². The van der Waals surface area contributed by atoms with Gasteiger partial charge in [-0.25, -0.2) is 0 Å². The zero-order chi connectivity index (χ0) is 11.9. The van der Waals surface area contributed by atoms with E-state index in [-0.39, 0.29) is 8.98 Å². The van der Waals surface area contributed by atoms with E-state index in [2.05, 4.69) is 0 Å². The lowest BCUT2D eigenvalue weighted by Crippen LogP contribution is -2.37. The Morgan fingerprint density at radius 2 is 1.27 bits per heavy atom. The largest absolute Gasteiger partial charge is 0.516 e. The van der Waals surface area contributed by atoms with Crippen molar-refractivity contribution in [2.24, 2.45) is 0 Å². The van der Waals surface area contributed by atoms with E-state index < -0.39 is 8.56 Å². The molecule has 0 aromatic rings. The van der Waals surface area contributed by atoms with Gasteiger partial charge in [0.25, 0.3) is 0 Å². The minimum absolute atomic E-state index is 0.0540. The third-order valence-corrected chi connectivity index (χ3v) is 5.41. The Bertz CT molecular complexity index is 221. The summed E-state index contributed by atoms with van der Waals surface area (Å²) in [6.07, 6.45) is 2.55. The Balaban J connectivity index is 4.57. The summed E-state index contributed by atoms with van der Waals surface area (Å²) in [6, 6.07) is 1.47. The summed E-state index contributed by atoms with van der Waals surface area (Å²) >= 11 is 21.8. The number of rotatable bonds is 6. The van der Waals surface area contributed by atoms with Crippen LogP contribution in [0.4, 0.5) is 0 Å². The van der Waals surface area contributed by atoms with Gasteiger partial charge >= 0.3 is 8.56 Å². The molecule has 0 spiro atoms. The maximum Gasteiger partial charge on any atom is 0.459 e. The lowest BCUT2D eigenvalue weighted by Gasteiger charge is -2.25. The molecule has 0 rings (SSSR count). The van der Waals surface area contributed by atoms with Gasteiger partial charge in [0.2, 0.25) is 0 Å². The molecule has 0 radical (unpaired) electrons. The van der Waals surface area contributed by atoms with Crippen LogP contribution in [0.2, 0.25) is 12.1 Å². The standard InChI is InChI=1S/C8H12Cl4O2Si/c1-3-15(4-2,13-5-7(9)10)14-6-8(11)12/h5-6H,3-4H2,1-2H3. The quantitative estimate of drug-likeness (QED) is 0.504. The maximum absolute atomic E-state index is 5.47. The van der Waals surface area contributed by atoms with Crippen LogP contribution in [0.15, 0.2) is 21.5 Å². The summed E-state index contributed by atoms with van der Waals surface area (Å²) in [7, 11) is -2.36. The van der Waals surface area contributed by atoms with E-state index in [1.165, 1.54) is 12.5 Å². The monoisotopic (exact) mass is 308 g/mol. The molecule has 88 valence electrons. The van der Waals surface area contributed by atoms with Crippen molar-refractivity contribution in [1.82, 2.24) is 0 Å². The summed E-state index contributed by atoms with van der Waals surface area (Å²) in [5.41, 5.74) is 0. The maximum atomic E-state index is 5.47. The van der Waals surface area contributed by atoms with E-state index in [1.807, 2.05) is 13.8 Å². The molecule has 0 atom stereocenters. The smallest absolute Gasteiger partial charge is 0.459 e. The van der Waals surface area contributed by atoms with E-state index in [9.17, 15) is 0 Å². The van der Waals surface area contributed by atoms with Crippen LogP contribution >= 0.6 is 46.4 Å². The fourth-order valence-corrected chi connectivity index (χ4v) is 3.28. The fourth-order valence-electron chi connectivity index (χ4n) is 0.915. The van der Waals surface area contributed by atoms with E-state index in [0.29, 0.717) is 0 Å². The van der Waals surface area contributed by atoms with Crippen LogP contribution in [-0.4, -0.2) is 8.56 Å². The number of halogens is 4. The Morgan fingerprint density at radius 3 is 1.47 bits per heavy atom. The van der Waals surface area contributed by atoms with Crippen LogP contribution in [0.1, 0.15) is 13.8 Å². The predicted molar refractivity (Wildman–Crippen MR) is 68.5 cm³/mol. The van der Waals surface area contributed by atoms with Gasteiger partial charge in [0.15, 0.2) is 0 Å². The Kier molecular flexibility index (Phi) is 7.92. The van der Waals surface area contributed by atoms with Crippen molar-refractivity contribution in [2.45, 2.75) is 25.9 Å². The first-order valence-electron chi connectivity index (χ1n) is 4.33. The molecule has 0 amide bonds.